The van der Waals surface area contributed by atoms with Gasteiger partial charge in [-0.15, -0.1) is 12.4 Å². The zero-order valence-electron chi connectivity index (χ0n) is 17.8. The van der Waals surface area contributed by atoms with Crippen LogP contribution in [0.15, 0.2) is 0 Å². The molecule has 29 heavy (non-hydrogen) atoms. The van der Waals surface area contributed by atoms with Crippen LogP contribution in [0.1, 0.15) is 58.3 Å². The summed E-state index contributed by atoms with van der Waals surface area (Å²) in [5, 5.41) is 9.68. The first kappa shape index (κ1) is 22.8. The van der Waals surface area contributed by atoms with Gasteiger partial charge in [-0.3, -0.25) is 14.5 Å². The molecular weight excluding hydrogens is 388 g/mol. The Labute approximate surface area is 181 Å². The molecule has 2 bridgehead atoms. The van der Waals surface area contributed by atoms with Gasteiger partial charge in [0, 0.05) is 19.1 Å². The predicted molar refractivity (Wildman–Crippen MR) is 117 cm³/mol. The maximum Gasteiger partial charge on any atom is 0.237 e. The van der Waals surface area contributed by atoms with Gasteiger partial charge in [0.15, 0.2) is 0 Å². The first-order valence-corrected chi connectivity index (χ1v) is 11.6. The molecule has 0 aromatic heterocycles. The lowest BCUT2D eigenvalue weighted by Crippen LogP contribution is -2.49. The van der Waals surface area contributed by atoms with E-state index >= 15 is 0 Å². The summed E-state index contributed by atoms with van der Waals surface area (Å²) in [5.74, 6) is 3.23. The first-order chi connectivity index (χ1) is 13.6. The Morgan fingerprint density at radius 2 is 2.00 bits per heavy atom. The third-order valence-electron chi connectivity index (χ3n) is 7.74. The van der Waals surface area contributed by atoms with E-state index in [2.05, 4.69) is 27.8 Å². The van der Waals surface area contributed by atoms with Gasteiger partial charge in [-0.1, -0.05) is 6.42 Å². The number of carbonyl (C=O) groups is 2. The summed E-state index contributed by atoms with van der Waals surface area (Å²) in [5.41, 5.74) is 0. The monoisotopic (exact) mass is 426 g/mol. The molecule has 6 atom stereocenters. The zero-order valence-corrected chi connectivity index (χ0v) is 18.6. The topological polar surface area (TPSA) is 73.5 Å². The average Bonchev–Trinajstić information content (AvgIpc) is 3.44. The van der Waals surface area contributed by atoms with E-state index in [4.69, 9.17) is 0 Å². The minimum Gasteiger partial charge on any atom is -0.354 e. The number of hydrogen-bond acceptors (Lipinski definition) is 4. The smallest absolute Gasteiger partial charge is 0.237 e. The number of rotatable bonds is 7. The molecule has 3 N–H and O–H groups in total. The predicted octanol–water partition coefficient (Wildman–Crippen LogP) is 1.93. The van der Waals surface area contributed by atoms with E-state index in [1.807, 2.05) is 0 Å². The second kappa shape index (κ2) is 10.5. The van der Waals surface area contributed by atoms with Crippen molar-refractivity contribution in [1.82, 2.24) is 20.9 Å². The van der Waals surface area contributed by atoms with Gasteiger partial charge < -0.3 is 16.0 Å². The van der Waals surface area contributed by atoms with Crippen molar-refractivity contribution in [3.05, 3.63) is 0 Å². The van der Waals surface area contributed by atoms with Crippen LogP contribution in [0.25, 0.3) is 0 Å². The molecule has 2 saturated carbocycles. The fraction of sp³-hybridized carbons (Fsp3) is 0.909. The second-order valence-electron chi connectivity index (χ2n) is 9.83. The average molecular weight is 427 g/mol. The number of nitrogens with zero attached hydrogens (tertiary/aromatic N) is 1. The molecule has 6 nitrogen and oxygen atoms in total. The molecule has 2 amide bonds. The van der Waals surface area contributed by atoms with Crippen molar-refractivity contribution >= 4 is 24.2 Å². The number of carbonyl (C=O) groups excluding carboxylic acids is 2. The number of amides is 2. The Kier molecular flexibility index (Phi) is 8.23. The number of likely N-dealkylation sites (tertiary alicyclic amines) is 1. The van der Waals surface area contributed by atoms with Crippen LogP contribution in [0.2, 0.25) is 0 Å². The zero-order chi connectivity index (χ0) is 19.5. The van der Waals surface area contributed by atoms with Gasteiger partial charge in [0.25, 0.3) is 0 Å². The highest BCUT2D eigenvalue weighted by Crippen LogP contribution is 2.49. The third-order valence-corrected chi connectivity index (χ3v) is 7.74. The lowest BCUT2D eigenvalue weighted by molar-refractivity contribution is -0.125. The van der Waals surface area contributed by atoms with Crippen molar-refractivity contribution in [2.75, 3.05) is 32.7 Å². The molecule has 0 aromatic rings. The van der Waals surface area contributed by atoms with Crippen LogP contribution in [0.5, 0.6) is 0 Å². The van der Waals surface area contributed by atoms with Gasteiger partial charge in [0.05, 0.1) is 12.6 Å². The van der Waals surface area contributed by atoms with Gasteiger partial charge in [-0.2, -0.15) is 0 Å². The van der Waals surface area contributed by atoms with E-state index < -0.39 is 0 Å². The normalized spacial score (nSPS) is 35.1. The molecule has 0 spiro atoms. The van der Waals surface area contributed by atoms with Gasteiger partial charge in [-0.25, -0.2) is 0 Å². The van der Waals surface area contributed by atoms with E-state index in [1.54, 1.807) is 0 Å². The van der Waals surface area contributed by atoms with E-state index in [9.17, 15) is 9.59 Å². The molecule has 6 unspecified atom stereocenters. The van der Waals surface area contributed by atoms with Crippen LogP contribution in [0.4, 0.5) is 0 Å². The van der Waals surface area contributed by atoms with Crippen molar-refractivity contribution in [3.63, 3.8) is 0 Å². The Bertz CT molecular complexity index is 569. The fourth-order valence-corrected chi connectivity index (χ4v) is 6.25. The van der Waals surface area contributed by atoms with Crippen LogP contribution < -0.4 is 16.0 Å². The first-order valence-electron chi connectivity index (χ1n) is 11.6. The quantitative estimate of drug-likeness (QED) is 0.581. The van der Waals surface area contributed by atoms with E-state index in [0.717, 1.165) is 63.7 Å². The fourth-order valence-electron chi connectivity index (χ4n) is 6.25. The Balaban J connectivity index is 0.00000240. The van der Waals surface area contributed by atoms with E-state index in [0.29, 0.717) is 24.4 Å². The summed E-state index contributed by atoms with van der Waals surface area (Å²) in [6.45, 7) is 6.29. The number of piperidine rings is 1. The number of fused-ring (bicyclic) bond motifs is 2. The molecular formula is C22H39ClN4O2. The summed E-state index contributed by atoms with van der Waals surface area (Å²) in [4.78, 5) is 27.1. The van der Waals surface area contributed by atoms with Crippen LogP contribution in [-0.2, 0) is 9.59 Å². The van der Waals surface area contributed by atoms with Crippen LogP contribution >= 0.6 is 12.4 Å². The molecule has 2 saturated heterocycles. The van der Waals surface area contributed by atoms with Gasteiger partial charge >= 0.3 is 0 Å². The summed E-state index contributed by atoms with van der Waals surface area (Å²) >= 11 is 0. The van der Waals surface area contributed by atoms with Crippen molar-refractivity contribution in [3.8, 4) is 0 Å². The number of nitrogens with one attached hydrogen (secondary N) is 3. The second-order valence-corrected chi connectivity index (χ2v) is 9.83. The lowest BCUT2D eigenvalue weighted by Gasteiger charge is -2.33. The minimum absolute atomic E-state index is 0. The Morgan fingerprint density at radius 3 is 2.69 bits per heavy atom. The summed E-state index contributed by atoms with van der Waals surface area (Å²) in [6, 6.07) is 0.305. The third kappa shape index (κ3) is 5.86. The largest absolute Gasteiger partial charge is 0.354 e. The summed E-state index contributed by atoms with van der Waals surface area (Å²) in [7, 11) is 0. The van der Waals surface area contributed by atoms with Gasteiger partial charge in [0.1, 0.15) is 0 Å². The lowest BCUT2D eigenvalue weighted by atomic mass is 9.84. The molecule has 4 rings (SSSR count). The summed E-state index contributed by atoms with van der Waals surface area (Å²) < 4.78 is 0. The standard InChI is InChI=1S/C22H38N4O2.ClH/c1-15(19-11-16-6-7-18(19)10-16)25-21(27)14-26-9-3-4-17(13-26)12-24-22(28)20-5-2-8-23-20;/h15-20,23H,2-14H2,1H3,(H,24,28)(H,25,27);1H. The van der Waals surface area contributed by atoms with Crippen molar-refractivity contribution < 1.29 is 9.59 Å². The molecule has 0 aromatic carbocycles. The highest BCUT2D eigenvalue weighted by atomic mass is 35.5. The molecule has 4 aliphatic rings. The Morgan fingerprint density at radius 1 is 1.14 bits per heavy atom. The minimum atomic E-state index is -0.00203. The summed E-state index contributed by atoms with van der Waals surface area (Å²) in [6.07, 6.45) is 9.76. The van der Waals surface area contributed by atoms with Crippen molar-refractivity contribution in [2.24, 2.45) is 23.7 Å². The molecule has 2 heterocycles. The molecule has 4 fully saturated rings. The van der Waals surface area contributed by atoms with Crippen molar-refractivity contribution in [2.45, 2.75) is 70.4 Å². The van der Waals surface area contributed by atoms with Crippen LogP contribution in [-0.4, -0.2) is 61.5 Å². The van der Waals surface area contributed by atoms with Crippen LogP contribution in [0.3, 0.4) is 0 Å². The molecule has 2 aliphatic heterocycles. The van der Waals surface area contributed by atoms with Crippen molar-refractivity contribution in [1.29, 1.82) is 0 Å². The van der Waals surface area contributed by atoms with E-state index in [1.165, 1.54) is 25.7 Å². The highest BCUT2D eigenvalue weighted by Gasteiger charge is 2.42. The molecule has 2 aliphatic carbocycles. The molecule has 0 radical (unpaired) electrons. The SMILES string of the molecule is CC(NC(=O)CN1CCCC(CNC(=O)C2CCCN2)C1)C1CC2CCC1C2.Cl. The van der Waals surface area contributed by atoms with Crippen LogP contribution in [0, 0.1) is 23.7 Å². The Hall–Kier alpha value is -0.850. The van der Waals surface area contributed by atoms with Gasteiger partial charge in [0.2, 0.25) is 11.8 Å². The maximum atomic E-state index is 12.6. The highest BCUT2D eigenvalue weighted by molar-refractivity contribution is 5.85. The molecule has 7 heteroatoms. The van der Waals surface area contributed by atoms with Gasteiger partial charge in [-0.05, 0) is 88.6 Å². The number of halogens is 1. The molecule has 166 valence electrons. The maximum absolute atomic E-state index is 12.6. The van der Waals surface area contributed by atoms with E-state index in [-0.39, 0.29) is 30.3 Å². The number of hydrogen-bond donors (Lipinski definition) is 3.